The highest BCUT2D eigenvalue weighted by molar-refractivity contribution is 5.71. The minimum Gasteiger partial charge on any atom is -0.462 e. The van der Waals surface area contributed by atoms with Crippen LogP contribution >= 0.6 is 0 Å². The second kappa shape index (κ2) is 62.4. The summed E-state index contributed by atoms with van der Waals surface area (Å²) in [6.45, 7) is 6.52. The van der Waals surface area contributed by atoms with Crippen molar-refractivity contribution in [1.29, 1.82) is 0 Å². The third kappa shape index (κ3) is 59.7. The molecule has 0 bridgehead atoms. The molecule has 0 rings (SSSR count). The third-order valence-electron chi connectivity index (χ3n) is 13.9. The highest BCUT2D eigenvalue weighted by atomic mass is 16.6. The van der Waals surface area contributed by atoms with Gasteiger partial charge in [-0.1, -0.05) is 293 Å². The molecule has 0 aliphatic heterocycles. The summed E-state index contributed by atoms with van der Waals surface area (Å²) >= 11 is 0. The molecule has 0 amide bonds. The molecule has 0 radical (unpaired) electrons. The Kier molecular flexibility index (Phi) is 59.7. The molecule has 0 aromatic heterocycles. The van der Waals surface area contributed by atoms with Crippen molar-refractivity contribution in [3.63, 3.8) is 0 Å². The van der Waals surface area contributed by atoms with Crippen LogP contribution in [-0.2, 0) is 28.6 Å². The Labute approximate surface area is 459 Å². The molecule has 0 spiro atoms. The number of ether oxygens (including phenoxy) is 3. The van der Waals surface area contributed by atoms with Gasteiger partial charge in [-0.15, -0.1) is 0 Å². The molecular formula is C68H120O6. The molecule has 6 heteroatoms. The van der Waals surface area contributed by atoms with Gasteiger partial charge < -0.3 is 14.2 Å². The standard InChI is InChI=1S/C68H120O6/c1-4-7-10-13-16-19-22-25-28-31-33-34-35-38-40-43-46-49-52-55-58-61-67(70)73-64-65(63-72-66(69)60-57-54-51-48-45-42-39-36-30-27-24-21-18-15-12-9-6-3)74-68(71)62-59-56-53-50-47-44-41-37-32-29-26-23-20-17-14-11-8-5-2/h9,12,18,21,27,30-31,33,39,42,48,51,65H,4-8,10-11,13-17,19-20,22-26,28-29,32,34-38,40-41,43-47,49-50,52-64H2,1-3H3/b12-9-,21-18-,30-27-,33-31-,42-39-,51-48-. The summed E-state index contributed by atoms with van der Waals surface area (Å²) < 4.78 is 16.9. The van der Waals surface area contributed by atoms with Gasteiger partial charge in [0.25, 0.3) is 0 Å². The van der Waals surface area contributed by atoms with E-state index in [9.17, 15) is 14.4 Å². The maximum absolute atomic E-state index is 12.9. The lowest BCUT2D eigenvalue weighted by molar-refractivity contribution is -0.167. The largest absolute Gasteiger partial charge is 0.462 e. The van der Waals surface area contributed by atoms with Gasteiger partial charge in [-0.3, -0.25) is 14.4 Å². The zero-order valence-electron chi connectivity index (χ0n) is 49.1. The van der Waals surface area contributed by atoms with Crippen LogP contribution in [-0.4, -0.2) is 37.2 Å². The SMILES string of the molecule is CC/C=C\C/C=C\C/C=C\C/C=C\C/C=C\CCCC(=O)OCC(COC(=O)CCCCCCCCCCC/C=C\CCCCCCCCCC)OC(=O)CCCCCCCCCCCCCCCCCCCC. The first-order valence-electron chi connectivity index (χ1n) is 31.9. The topological polar surface area (TPSA) is 78.9 Å². The predicted molar refractivity (Wildman–Crippen MR) is 321 cm³/mol. The molecule has 0 saturated heterocycles. The second-order valence-electron chi connectivity index (χ2n) is 21.3. The van der Waals surface area contributed by atoms with E-state index in [0.29, 0.717) is 19.3 Å². The lowest BCUT2D eigenvalue weighted by Gasteiger charge is -2.18. The quantitative estimate of drug-likeness (QED) is 0.0261. The first kappa shape index (κ1) is 70.8. The van der Waals surface area contributed by atoms with Crippen molar-refractivity contribution in [3.8, 4) is 0 Å². The van der Waals surface area contributed by atoms with Crippen molar-refractivity contribution in [3.05, 3.63) is 72.9 Å². The van der Waals surface area contributed by atoms with Gasteiger partial charge in [0, 0.05) is 19.3 Å². The molecule has 0 aromatic rings. The number of rotatable bonds is 58. The van der Waals surface area contributed by atoms with Crippen LogP contribution in [0.15, 0.2) is 72.9 Å². The van der Waals surface area contributed by atoms with Gasteiger partial charge in [0.15, 0.2) is 6.10 Å². The van der Waals surface area contributed by atoms with Crippen molar-refractivity contribution in [2.24, 2.45) is 0 Å². The second-order valence-corrected chi connectivity index (χ2v) is 21.3. The van der Waals surface area contributed by atoms with Crippen LogP contribution in [0.25, 0.3) is 0 Å². The van der Waals surface area contributed by atoms with Crippen LogP contribution in [0.3, 0.4) is 0 Å². The van der Waals surface area contributed by atoms with Gasteiger partial charge in [0.2, 0.25) is 0 Å². The number of hydrogen-bond donors (Lipinski definition) is 0. The van der Waals surface area contributed by atoms with E-state index in [-0.39, 0.29) is 37.5 Å². The number of esters is 3. The van der Waals surface area contributed by atoms with Gasteiger partial charge in [-0.2, -0.15) is 0 Å². The van der Waals surface area contributed by atoms with Crippen LogP contribution in [0.5, 0.6) is 0 Å². The Hall–Kier alpha value is -3.15. The molecule has 1 atom stereocenters. The molecule has 74 heavy (non-hydrogen) atoms. The number of carbonyl (C=O) groups excluding carboxylic acids is 3. The Balaban J connectivity index is 4.41. The molecule has 428 valence electrons. The lowest BCUT2D eigenvalue weighted by atomic mass is 10.0. The zero-order valence-corrected chi connectivity index (χ0v) is 49.1. The summed E-state index contributed by atoms with van der Waals surface area (Å²) in [7, 11) is 0. The van der Waals surface area contributed by atoms with E-state index in [1.807, 2.05) is 0 Å². The predicted octanol–water partition coefficient (Wildman–Crippen LogP) is 21.7. The van der Waals surface area contributed by atoms with Gasteiger partial charge in [-0.05, 0) is 83.5 Å². The third-order valence-corrected chi connectivity index (χ3v) is 13.9. The average molecular weight is 1030 g/mol. The van der Waals surface area contributed by atoms with Crippen LogP contribution in [0.4, 0.5) is 0 Å². The van der Waals surface area contributed by atoms with E-state index in [2.05, 4.69) is 93.7 Å². The smallest absolute Gasteiger partial charge is 0.306 e. The minimum atomic E-state index is -0.798. The average Bonchev–Trinajstić information content (AvgIpc) is 3.40. The summed E-state index contributed by atoms with van der Waals surface area (Å²) in [4.78, 5) is 38.3. The normalized spacial score (nSPS) is 12.5. The molecule has 6 nitrogen and oxygen atoms in total. The highest BCUT2D eigenvalue weighted by Gasteiger charge is 2.19. The first-order chi connectivity index (χ1) is 36.5. The summed E-state index contributed by atoms with van der Waals surface area (Å²) in [5.41, 5.74) is 0. The van der Waals surface area contributed by atoms with E-state index in [1.165, 1.54) is 199 Å². The number of hydrogen-bond acceptors (Lipinski definition) is 6. The van der Waals surface area contributed by atoms with E-state index in [4.69, 9.17) is 14.2 Å². The molecule has 0 heterocycles. The monoisotopic (exact) mass is 1030 g/mol. The fourth-order valence-corrected chi connectivity index (χ4v) is 9.18. The Bertz CT molecular complexity index is 1370. The Morgan fingerprint density at radius 1 is 0.284 bits per heavy atom. The van der Waals surface area contributed by atoms with Crippen molar-refractivity contribution in [2.45, 2.75) is 329 Å². The molecule has 0 fully saturated rings. The van der Waals surface area contributed by atoms with Crippen LogP contribution < -0.4 is 0 Å². The number of allylic oxidation sites excluding steroid dienone is 12. The van der Waals surface area contributed by atoms with E-state index in [0.717, 1.165) is 77.0 Å². The van der Waals surface area contributed by atoms with Crippen LogP contribution in [0, 0.1) is 0 Å². The van der Waals surface area contributed by atoms with Crippen molar-refractivity contribution in [2.75, 3.05) is 13.2 Å². The number of carbonyl (C=O) groups is 3. The summed E-state index contributed by atoms with van der Waals surface area (Å²) in [6.07, 6.45) is 80.6. The van der Waals surface area contributed by atoms with Crippen molar-refractivity contribution in [1.82, 2.24) is 0 Å². The molecule has 0 aliphatic carbocycles. The van der Waals surface area contributed by atoms with Crippen molar-refractivity contribution >= 4 is 17.9 Å². The minimum absolute atomic E-state index is 0.0912. The molecule has 0 aromatic carbocycles. The van der Waals surface area contributed by atoms with E-state index in [1.54, 1.807) is 0 Å². The van der Waals surface area contributed by atoms with Gasteiger partial charge in [0.05, 0.1) is 0 Å². The molecule has 0 aliphatic rings. The van der Waals surface area contributed by atoms with Gasteiger partial charge in [0.1, 0.15) is 13.2 Å². The molecule has 1 unspecified atom stereocenters. The van der Waals surface area contributed by atoms with Crippen LogP contribution in [0.2, 0.25) is 0 Å². The summed E-state index contributed by atoms with van der Waals surface area (Å²) in [6, 6.07) is 0. The van der Waals surface area contributed by atoms with Gasteiger partial charge in [-0.25, -0.2) is 0 Å². The van der Waals surface area contributed by atoms with Crippen LogP contribution in [0.1, 0.15) is 323 Å². The lowest BCUT2D eigenvalue weighted by Crippen LogP contribution is -2.30. The van der Waals surface area contributed by atoms with Gasteiger partial charge >= 0.3 is 17.9 Å². The summed E-state index contributed by atoms with van der Waals surface area (Å²) in [5, 5.41) is 0. The van der Waals surface area contributed by atoms with E-state index < -0.39 is 6.10 Å². The maximum atomic E-state index is 12.9. The Morgan fingerprint density at radius 2 is 0.541 bits per heavy atom. The Morgan fingerprint density at radius 3 is 0.892 bits per heavy atom. The molecular weight excluding hydrogens is 913 g/mol. The molecule has 0 N–H and O–H groups in total. The summed E-state index contributed by atoms with van der Waals surface area (Å²) in [5.74, 6) is -0.937. The maximum Gasteiger partial charge on any atom is 0.306 e. The molecule has 0 saturated carbocycles. The zero-order chi connectivity index (χ0) is 53.6. The fourth-order valence-electron chi connectivity index (χ4n) is 9.18. The van der Waals surface area contributed by atoms with E-state index >= 15 is 0 Å². The number of unbranched alkanes of at least 4 members (excludes halogenated alkanes) is 35. The fraction of sp³-hybridized carbons (Fsp3) is 0.779. The van der Waals surface area contributed by atoms with Crippen molar-refractivity contribution < 1.29 is 28.6 Å². The first-order valence-corrected chi connectivity index (χ1v) is 31.9. The highest BCUT2D eigenvalue weighted by Crippen LogP contribution is 2.17.